The van der Waals surface area contributed by atoms with Gasteiger partial charge in [-0.25, -0.2) is 9.59 Å². The summed E-state index contributed by atoms with van der Waals surface area (Å²) in [7, 11) is 1.71. The molecule has 0 aromatic heterocycles. The summed E-state index contributed by atoms with van der Waals surface area (Å²) in [6.45, 7) is 1.83. The molecule has 2 aliphatic rings. The van der Waals surface area contributed by atoms with Crippen molar-refractivity contribution in [2.75, 3.05) is 26.7 Å². The highest BCUT2D eigenvalue weighted by Crippen LogP contribution is 2.20. The Kier molecular flexibility index (Phi) is 4.06. The molecule has 2 rings (SSSR count). The molecule has 2 aliphatic heterocycles. The number of carbonyl (C=O) groups is 2. The zero-order valence-corrected chi connectivity index (χ0v) is 10.7. The molecule has 2 fully saturated rings. The number of likely N-dealkylation sites (N-methyl/N-ethyl adjacent to an activating group) is 1. The van der Waals surface area contributed by atoms with E-state index in [9.17, 15) is 9.59 Å². The van der Waals surface area contributed by atoms with E-state index in [-0.39, 0.29) is 12.1 Å². The standard InChI is InChI=1S/C12H20N2O4/c1-13(8-9-4-3-7-18-9)12(17)14-6-2-5-10(14)11(15)16/h9-10H,2-8H2,1H3,(H,15,16). The lowest BCUT2D eigenvalue weighted by Gasteiger charge is -2.28. The topological polar surface area (TPSA) is 70.1 Å². The first-order chi connectivity index (χ1) is 8.59. The summed E-state index contributed by atoms with van der Waals surface area (Å²) >= 11 is 0. The fraction of sp³-hybridized carbons (Fsp3) is 0.833. The number of likely N-dealkylation sites (tertiary alicyclic amines) is 1. The molecule has 0 aliphatic carbocycles. The summed E-state index contributed by atoms with van der Waals surface area (Å²) in [5.74, 6) is -0.911. The van der Waals surface area contributed by atoms with E-state index >= 15 is 0 Å². The summed E-state index contributed by atoms with van der Waals surface area (Å²) in [4.78, 5) is 26.3. The second-order valence-corrected chi connectivity index (χ2v) is 4.99. The zero-order valence-electron chi connectivity index (χ0n) is 10.7. The predicted molar refractivity (Wildman–Crippen MR) is 64.4 cm³/mol. The number of carboxylic acids is 1. The van der Waals surface area contributed by atoms with Crippen LogP contribution in [0.3, 0.4) is 0 Å². The molecule has 2 unspecified atom stereocenters. The molecule has 2 atom stereocenters. The van der Waals surface area contributed by atoms with E-state index in [0.717, 1.165) is 25.9 Å². The quantitative estimate of drug-likeness (QED) is 0.809. The summed E-state index contributed by atoms with van der Waals surface area (Å²) in [5.41, 5.74) is 0. The van der Waals surface area contributed by atoms with Crippen molar-refractivity contribution >= 4 is 12.0 Å². The Morgan fingerprint density at radius 3 is 2.78 bits per heavy atom. The van der Waals surface area contributed by atoms with Crippen LogP contribution >= 0.6 is 0 Å². The lowest BCUT2D eigenvalue weighted by molar-refractivity contribution is -0.141. The van der Waals surface area contributed by atoms with Crippen molar-refractivity contribution in [1.82, 2.24) is 9.80 Å². The SMILES string of the molecule is CN(CC1CCCO1)C(=O)N1CCCC1C(=O)O. The second-order valence-electron chi connectivity index (χ2n) is 4.99. The minimum atomic E-state index is -0.911. The molecule has 2 amide bonds. The van der Waals surface area contributed by atoms with Gasteiger partial charge >= 0.3 is 12.0 Å². The fourth-order valence-electron chi connectivity index (χ4n) is 2.64. The van der Waals surface area contributed by atoms with Gasteiger partial charge in [-0.15, -0.1) is 0 Å². The van der Waals surface area contributed by atoms with E-state index in [1.807, 2.05) is 0 Å². The Labute approximate surface area is 106 Å². The molecule has 102 valence electrons. The van der Waals surface area contributed by atoms with Crippen molar-refractivity contribution in [3.05, 3.63) is 0 Å². The highest BCUT2D eigenvalue weighted by Gasteiger charge is 2.35. The van der Waals surface area contributed by atoms with Crippen LogP contribution in [0, 0.1) is 0 Å². The summed E-state index contributed by atoms with van der Waals surface area (Å²) in [6.07, 6.45) is 3.42. The maximum Gasteiger partial charge on any atom is 0.326 e. The molecule has 0 spiro atoms. The molecule has 2 saturated heterocycles. The first-order valence-electron chi connectivity index (χ1n) is 6.45. The van der Waals surface area contributed by atoms with Crippen LogP contribution in [0.5, 0.6) is 0 Å². The Hall–Kier alpha value is -1.30. The minimum absolute atomic E-state index is 0.102. The Balaban J connectivity index is 1.90. The van der Waals surface area contributed by atoms with Crippen LogP contribution in [0.2, 0.25) is 0 Å². The normalized spacial score (nSPS) is 27.5. The molecule has 0 bridgehead atoms. The second kappa shape index (κ2) is 5.56. The average molecular weight is 256 g/mol. The van der Waals surface area contributed by atoms with Crippen LogP contribution in [-0.4, -0.2) is 65.8 Å². The Morgan fingerprint density at radius 1 is 1.39 bits per heavy atom. The van der Waals surface area contributed by atoms with Gasteiger partial charge in [0.1, 0.15) is 6.04 Å². The molecule has 0 aromatic rings. The first kappa shape index (κ1) is 13.1. The Bertz CT molecular complexity index is 328. The molecule has 6 nitrogen and oxygen atoms in total. The van der Waals surface area contributed by atoms with Gasteiger partial charge in [-0.3, -0.25) is 0 Å². The van der Waals surface area contributed by atoms with Gasteiger partial charge < -0.3 is 19.6 Å². The van der Waals surface area contributed by atoms with Crippen LogP contribution < -0.4 is 0 Å². The Morgan fingerprint density at radius 2 is 2.17 bits per heavy atom. The van der Waals surface area contributed by atoms with Gasteiger partial charge in [-0.1, -0.05) is 0 Å². The molecule has 2 heterocycles. The first-order valence-corrected chi connectivity index (χ1v) is 6.45. The van der Waals surface area contributed by atoms with E-state index in [2.05, 4.69) is 0 Å². The van der Waals surface area contributed by atoms with E-state index < -0.39 is 12.0 Å². The molecule has 0 aromatic carbocycles. The molecule has 18 heavy (non-hydrogen) atoms. The van der Waals surface area contributed by atoms with Gasteiger partial charge in [0.25, 0.3) is 0 Å². The average Bonchev–Trinajstić information content (AvgIpc) is 2.97. The maximum atomic E-state index is 12.2. The van der Waals surface area contributed by atoms with Gasteiger partial charge in [0.05, 0.1) is 6.10 Å². The molecule has 6 heteroatoms. The third kappa shape index (κ3) is 2.75. The highest BCUT2D eigenvalue weighted by atomic mass is 16.5. The van der Waals surface area contributed by atoms with Crippen LogP contribution in [-0.2, 0) is 9.53 Å². The molecule has 0 radical (unpaired) electrons. The summed E-state index contributed by atoms with van der Waals surface area (Å²) < 4.78 is 5.48. The lowest BCUT2D eigenvalue weighted by atomic mass is 10.2. The molecular weight excluding hydrogens is 236 g/mol. The van der Waals surface area contributed by atoms with Crippen molar-refractivity contribution in [3.8, 4) is 0 Å². The van der Waals surface area contributed by atoms with E-state index in [4.69, 9.17) is 9.84 Å². The van der Waals surface area contributed by atoms with E-state index in [1.165, 1.54) is 4.90 Å². The number of hydrogen-bond donors (Lipinski definition) is 1. The fourth-order valence-corrected chi connectivity index (χ4v) is 2.64. The molecular formula is C12H20N2O4. The number of hydrogen-bond acceptors (Lipinski definition) is 3. The van der Waals surface area contributed by atoms with Gasteiger partial charge in [-0.05, 0) is 25.7 Å². The number of amides is 2. The number of aliphatic carboxylic acids is 1. The number of nitrogens with zero attached hydrogens (tertiary/aromatic N) is 2. The molecule has 0 saturated carbocycles. The van der Waals surface area contributed by atoms with Crippen LogP contribution in [0.1, 0.15) is 25.7 Å². The van der Waals surface area contributed by atoms with Crippen LogP contribution in [0.25, 0.3) is 0 Å². The van der Waals surface area contributed by atoms with Gasteiger partial charge in [0.15, 0.2) is 0 Å². The van der Waals surface area contributed by atoms with Gasteiger partial charge in [0, 0.05) is 26.7 Å². The lowest BCUT2D eigenvalue weighted by Crippen LogP contribution is -2.48. The number of carboxylic acid groups (broad SMARTS) is 1. The summed E-state index contributed by atoms with van der Waals surface area (Å²) in [5, 5.41) is 9.06. The van der Waals surface area contributed by atoms with Crippen molar-refractivity contribution in [1.29, 1.82) is 0 Å². The van der Waals surface area contributed by atoms with E-state index in [1.54, 1.807) is 11.9 Å². The van der Waals surface area contributed by atoms with Crippen molar-refractivity contribution in [2.45, 2.75) is 37.8 Å². The smallest absolute Gasteiger partial charge is 0.326 e. The van der Waals surface area contributed by atoms with Crippen molar-refractivity contribution < 1.29 is 19.4 Å². The van der Waals surface area contributed by atoms with Crippen molar-refractivity contribution in [3.63, 3.8) is 0 Å². The third-order valence-electron chi connectivity index (χ3n) is 3.61. The zero-order chi connectivity index (χ0) is 13.1. The maximum absolute atomic E-state index is 12.2. The summed E-state index contributed by atoms with van der Waals surface area (Å²) in [6, 6.07) is -0.861. The van der Waals surface area contributed by atoms with Gasteiger partial charge in [-0.2, -0.15) is 0 Å². The van der Waals surface area contributed by atoms with Gasteiger partial charge in [0.2, 0.25) is 0 Å². The van der Waals surface area contributed by atoms with Crippen LogP contribution in [0.15, 0.2) is 0 Å². The third-order valence-corrected chi connectivity index (χ3v) is 3.61. The monoisotopic (exact) mass is 256 g/mol. The number of urea groups is 1. The predicted octanol–water partition coefficient (Wildman–Crippen LogP) is 0.766. The van der Waals surface area contributed by atoms with E-state index in [0.29, 0.717) is 19.5 Å². The molecule has 1 N–H and O–H groups in total. The minimum Gasteiger partial charge on any atom is -0.480 e. The van der Waals surface area contributed by atoms with Crippen LogP contribution in [0.4, 0.5) is 4.79 Å². The largest absolute Gasteiger partial charge is 0.480 e. The number of rotatable bonds is 3. The highest BCUT2D eigenvalue weighted by molar-refractivity contribution is 5.83. The number of carbonyl (C=O) groups excluding carboxylic acids is 1. The van der Waals surface area contributed by atoms with Crippen molar-refractivity contribution in [2.24, 2.45) is 0 Å². The number of ether oxygens (including phenoxy) is 1.